The summed E-state index contributed by atoms with van der Waals surface area (Å²) in [4.78, 5) is 0. The van der Waals surface area contributed by atoms with Crippen LogP contribution in [-0.2, 0) is 6.61 Å². The van der Waals surface area contributed by atoms with Gasteiger partial charge in [-0.2, -0.15) is 0 Å². The lowest BCUT2D eigenvalue weighted by Crippen LogP contribution is -1.94. The summed E-state index contributed by atoms with van der Waals surface area (Å²) in [6.07, 6.45) is 0. The average molecular weight is 253 g/mol. The highest BCUT2D eigenvalue weighted by Crippen LogP contribution is 2.24. The molecule has 0 atom stereocenters. The summed E-state index contributed by atoms with van der Waals surface area (Å²) >= 11 is 11.7. The van der Waals surface area contributed by atoms with Crippen molar-refractivity contribution in [3.8, 4) is 5.75 Å². The molecule has 0 amide bonds. The van der Waals surface area contributed by atoms with E-state index in [4.69, 9.17) is 27.9 Å². The topological polar surface area (TPSA) is 9.23 Å². The molecule has 0 spiro atoms. The molecule has 2 aromatic rings. The van der Waals surface area contributed by atoms with Crippen molar-refractivity contribution in [1.29, 1.82) is 0 Å². The van der Waals surface area contributed by atoms with Crippen molar-refractivity contribution in [2.75, 3.05) is 0 Å². The van der Waals surface area contributed by atoms with E-state index in [1.165, 1.54) is 0 Å². The lowest BCUT2D eigenvalue weighted by atomic mass is 10.2. The predicted octanol–water partition coefficient (Wildman–Crippen LogP) is 4.57. The van der Waals surface area contributed by atoms with E-state index in [1.54, 1.807) is 18.2 Å². The molecule has 0 aromatic heterocycles. The molecule has 82 valence electrons. The van der Waals surface area contributed by atoms with Gasteiger partial charge in [0.2, 0.25) is 0 Å². The summed E-state index contributed by atoms with van der Waals surface area (Å²) in [5.74, 6) is 0.682. The summed E-state index contributed by atoms with van der Waals surface area (Å²) in [5, 5.41) is 1.16. The van der Waals surface area contributed by atoms with E-state index >= 15 is 0 Å². The van der Waals surface area contributed by atoms with Gasteiger partial charge in [-0.25, -0.2) is 0 Å². The number of halogens is 2. The third kappa shape index (κ3) is 3.16. The fourth-order valence-electron chi connectivity index (χ4n) is 1.35. The first-order chi connectivity index (χ1) is 7.74. The molecule has 1 nitrogen and oxygen atoms in total. The number of rotatable bonds is 3. The Morgan fingerprint density at radius 2 is 1.50 bits per heavy atom. The van der Waals surface area contributed by atoms with Crippen LogP contribution in [0.2, 0.25) is 10.0 Å². The van der Waals surface area contributed by atoms with Crippen molar-refractivity contribution < 1.29 is 4.74 Å². The molecular weight excluding hydrogens is 243 g/mol. The van der Waals surface area contributed by atoms with Gasteiger partial charge in [0.25, 0.3) is 0 Å². The van der Waals surface area contributed by atoms with Crippen LogP contribution in [0.5, 0.6) is 5.75 Å². The quantitative estimate of drug-likeness (QED) is 0.778. The molecular formula is C13H10Cl2O. The molecule has 0 saturated heterocycles. The number of benzene rings is 2. The molecule has 0 aliphatic heterocycles. The Hall–Kier alpha value is -1.18. The standard InChI is InChI=1S/C13H10Cl2O/c14-11-6-12(15)8-13(7-11)16-9-10-4-2-1-3-5-10/h1-8H,9H2. The van der Waals surface area contributed by atoms with Gasteiger partial charge in [-0.1, -0.05) is 53.5 Å². The molecule has 0 saturated carbocycles. The van der Waals surface area contributed by atoms with Gasteiger partial charge in [-0.05, 0) is 23.8 Å². The molecule has 0 aliphatic carbocycles. The third-order valence-corrected chi connectivity index (χ3v) is 2.52. The lowest BCUT2D eigenvalue weighted by molar-refractivity contribution is 0.306. The van der Waals surface area contributed by atoms with Crippen molar-refractivity contribution in [3.63, 3.8) is 0 Å². The van der Waals surface area contributed by atoms with Crippen molar-refractivity contribution >= 4 is 23.2 Å². The SMILES string of the molecule is Clc1cc(Cl)cc(OCc2ccccc2)c1. The van der Waals surface area contributed by atoms with Crippen LogP contribution in [0.15, 0.2) is 48.5 Å². The Morgan fingerprint density at radius 1 is 0.875 bits per heavy atom. The average Bonchev–Trinajstić information content (AvgIpc) is 2.27. The van der Waals surface area contributed by atoms with Crippen molar-refractivity contribution in [2.24, 2.45) is 0 Å². The minimum absolute atomic E-state index is 0.511. The van der Waals surface area contributed by atoms with E-state index in [0.29, 0.717) is 22.4 Å². The molecule has 0 radical (unpaired) electrons. The van der Waals surface area contributed by atoms with Gasteiger partial charge in [0.1, 0.15) is 12.4 Å². The van der Waals surface area contributed by atoms with E-state index in [0.717, 1.165) is 5.56 Å². The minimum atomic E-state index is 0.511. The molecule has 0 fully saturated rings. The van der Waals surface area contributed by atoms with Gasteiger partial charge >= 0.3 is 0 Å². The maximum absolute atomic E-state index is 5.87. The zero-order valence-electron chi connectivity index (χ0n) is 8.49. The van der Waals surface area contributed by atoms with Gasteiger partial charge in [-0.3, -0.25) is 0 Å². The van der Waals surface area contributed by atoms with E-state index in [9.17, 15) is 0 Å². The molecule has 0 bridgehead atoms. The highest BCUT2D eigenvalue weighted by atomic mass is 35.5. The summed E-state index contributed by atoms with van der Waals surface area (Å²) in [7, 11) is 0. The molecule has 2 rings (SSSR count). The summed E-state index contributed by atoms with van der Waals surface area (Å²) in [6, 6.07) is 15.1. The third-order valence-electron chi connectivity index (χ3n) is 2.08. The van der Waals surface area contributed by atoms with Crippen LogP contribution in [0.1, 0.15) is 5.56 Å². The molecule has 2 aromatic carbocycles. The normalized spacial score (nSPS) is 10.1. The van der Waals surface area contributed by atoms with Crippen LogP contribution in [0, 0.1) is 0 Å². The van der Waals surface area contributed by atoms with E-state index in [1.807, 2.05) is 30.3 Å². The highest BCUT2D eigenvalue weighted by molar-refractivity contribution is 6.34. The molecule has 0 unspecified atom stereocenters. The Kier molecular flexibility index (Phi) is 3.70. The second-order valence-electron chi connectivity index (χ2n) is 3.38. The monoisotopic (exact) mass is 252 g/mol. The maximum atomic E-state index is 5.87. The maximum Gasteiger partial charge on any atom is 0.122 e. The first-order valence-corrected chi connectivity index (χ1v) is 5.62. The van der Waals surface area contributed by atoms with E-state index < -0.39 is 0 Å². The van der Waals surface area contributed by atoms with Gasteiger partial charge < -0.3 is 4.74 Å². The fraction of sp³-hybridized carbons (Fsp3) is 0.0769. The van der Waals surface area contributed by atoms with E-state index in [2.05, 4.69) is 0 Å². The number of ether oxygens (including phenoxy) is 1. The van der Waals surface area contributed by atoms with Gasteiger partial charge in [0.15, 0.2) is 0 Å². The van der Waals surface area contributed by atoms with Crippen LogP contribution >= 0.6 is 23.2 Å². The zero-order chi connectivity index (χ0) is 11.4. The van der Waals surface area contributed by atoms with Crippen LogP contribution < -0.4 is 4.74 Å². The summed E-state index contributed by atoms with van der Waals surface area (Å²) < 4.78 is 5.58. The van der Waals surface area contributed by atoms with Crippen LogP contribution in [-0.4, -0.2) is 0 Å². The number of hydrogen-bond acceptors (Lipinski definition) is 1. The van der Waals surface area contributed by atoms with Crippen LogP contribution in [0.4, 0.5) is 0 Å². The molecule has 16 heavy (non-hydrogen) atoms. The minimum Gasteiger partial charge on any atom is -0.489 e. The van der Waals surface area contributed by atoms with Crippen molar-refractivity contribution in [3.05, 3.63) is 64.1 Å². The van der Waals surface area contributed by atoms with Crippen LogP contribution in [0.3, 0.4) is 0 Å². The molecule has 0 aliphatic rings. The first kappa shape index (κ1) is 11.3. The second-order valence-corrected chi connectivity index (χ2v) is 4.25. The molecule has 0 heterocycles. The van der Waals surface area contributed by atoms with Crippen molar-refractivity contribution in [1.82, 2.24) is 0 Å². The second kappa shape index (κ2) is 5.24. The van der Waals surface area contributed by atoms with Crippen molar-refractivity contribution in [2.45, 2.75) is 6.61 Å². The lowest BCUT2D eigenvalue weighted by Gasteiger charge is -2.07. The zero-order valence-corrected chi connectivity index (χ0v) is 10.0. The van der Waals surface area contributed by atoms with E-state index in [-0.39, 0.29) is 0 Å². The van der Waals surface area contributed by atoms with Gasteiger partial charge in [-0.15, -0.1) is 0 Å². The first-order valence-electron chi connectivity index (χ1n) is 4.87. The summed E-state index contributed by atoms with van der Waals surface area (Å²) in [5.41, 5.74) is 1.11. The predicted molar refractivity (Wildman–Crippen MR) is 67.2 cm³/mol. The van der Waals surface area contributed by atoms with Gasteiger partial charge in [0, 0.05) is 10.0 Å². The molecule has 0 N–H and O–H groups in total. The Bertz CT molecular complexity index is 448. The highest BCUT2D eigenvalue weighted by Gasteiger charge is 1.99. The smallest absolute Gasteiger partial charge is 0.122 e. The number of hydrogen-bond donors (Lipinski definition) is 0. The Morgan fingerprint density at radius 3 is 2.12 bits per heavy atom. The van der Waals surface area contributed by atoms with Gasteiger partial charge in [0.05, 0.1) is 0 Å². The Labute approximate surface area is 105 Å². The van der Waals surface area contributed by atoms with Crippen LogP contribution in [0.25, 0.3) is 0 Å². The molecule has 3 heteroatoms. The fourth-order valence-corrected chi connectivity index (χ4v) is 1.86. The Balaban J connectivity index is 2.05. The largest absolute Gasteiger partial charge is 0.489 e. The summed E-state index contributed by atoms with van der Waals surface area (Å²) in [6.45, 7) is 0.511.